The predicted molar refractivity (Wildman–Crippen MR) is 164 cm³/mol. The van der Waals surface area contributed by atoms with E-state index in [1.54, 1.807) is 13.0 Å². The molecule has 0 aromatic heterocycles. The molecule has 3 saturated carbocycles. The van der Waals surface area contributed by atoms with Crippen molar-refractivity contribution < 1.29 is 23.1 Å². The largest absolute Gasteiger partial charge is 0.490 e. The second-order valence-electron chi connectivity index (χ2n) is 14.0. The summed E-state index contributed by atoms with van der Waals surface area (Å²) in [6.07, 6.45) is 6.98. The molecule has 226 valence electrons. The zero-order valence-corrected chi connectivity index (χ0v) is 26.0. The van der Waals surface area contributed by atoms with Crippen molar-refractivity contribution in [1.29, 1.82) is 0 Å². The van der Waals surface area contributed by atoms with Crippen LogP contribution in [0.25, 0.3) is 0 Å². The number of amides is 1. The van der Waals surface area contributed by atoms with Crippen LogP contribution in [0.15, 0.2) is 36.4 Å². The first-order valence-corrected chi connectivity index (χ1v) is 17.5. The molecule has 4 aliphatic carbocycles. The van der Waals surface area contributed by atoms with Crippen LogP contribution >= 0.6 is 11.6 Å². The lowest BCUT2D eigenvalue weighted by molar-refractivity contribution is -0.227. The van der Waals surface area contributed by atoms with Crippen LogP contribution < -0.4 is 14.4 Å². The number of carbonyl (C=O) groups excluding carboxylic acids is 1. The molecule has 1 amide bonds. The number of halogens is 1. The summed E-state index contributed by atoms with van der Waals surface area (Å²) < 4.78 is 35.3. The molecule has 0 radical (unpaired) electrons. The molecule has 2 aliphatic heterocycles. The van der Waals surface area contributed by atoms with Gasteiger partial charge in [-0.3, -0.25) is 4.79 Å². The zero-order valence-electron chi connectivity index (χ0n) is 24.4. The van der Waals surface area contributed by atoms with Crippen LogP contribution in [0.3, 0.4) is 0 Å². The third-order valence-corrected chi connectivity index (χ3v) is 13.6. The van der Waals surface area contributed by atoms with Crippen LogP contribution in [-0.4, -0.2) is 50.5 Å². The molecule has 2 N–H and O–H groups in total. The van der Waals surface area contributed by atoms with Crippen LogP contribution in [-0.2, 0) is 21.9 Å². The highest BCUT2D eigenvalue weighted by atomic mass is 35.5. The van der Waals surface area contributed by atoms with Gasteiger partial charge in [-0.05, 0) is 116 Å². The van der Waals surface area contributed by atoms with E-state index in [0.29, 0.717) is 36.7 Å². The third-order valence-electron chi connectivity index (χ3n) is 11.5. The molecule has 9 heteroatoms. The normalized spacial score (nSPS) is 37.2. The maximum atomic E-state index is 13.4. The van der Waals surface area contributed by atoms with E-state index in [1.807, 2.05) is 25.1 Å². The SMILES string of the molecule is C[C@@H]1[C@@H](C)CCC[C@H](O)[C@@H]2C3CC2(C3)CN2C[C@@]3(CCCc4cc(Cl)ccc43)COc3ccc(cc32)C(=O)NS1(=O)=O. The van der Waals surface area contributed by atoms with Gasteiger partial charge in [-0.1, -0.05) is 31.0 Å². The molecule has 2 aromatic carbocycles. The molecule has 5 atom stereocenters. The number of nitrogens with zero attached hydrogens (tertiary/aromatic N) is 1. The Morgan fingerprint density at radius 3 is 2.64 bits per heavy atom. The van der Waals surface area contributed by atoms with Gasteiger partial charge >= 0.3 is 0 Å². The van der Waals surface area contributed by atoms with Gasteiger partial charge in [-0.25, -0.2) is 13.1 Å². The summed E-state index contributed by atoms with van der Waals surface area (Å²) in [7, 11) is -3.88. The number of aliphatic hydroxyl groups is 1. The first-order valence-electron chi connectivity index (χ1n) is 15.6. The monoisotopic (exact) mass is 612 g/mol. The maximum absolute atomic E-state index is 13.4. The van der Waals surface area contributed by atoms with Crippen molar-refractivity contribution in [2.75, 3.05) is 24.6 Å². The molecule has 0 saturated heterocycles. The number of aryl methyl sites for hydroxylation is 1. The van der Waals surface area contributed by atoms with E-state index in [2.05, 4.69) is 21.8 Å². The Balaban J connectivity index is 1.31. The van der Waals surface area contributed by atoms with Crippen LogP contribution in [0.1, 0.15) is 80.3 Å². The lowest BCUT2D eigenvalue weighted by Crippen LogP contribution is -2.69. The van der Waals surface area contributed by atoms with E-state index in [9.17, 15) is 18.3 Å². The Hall–Kier alpha value is -2.29. The quantitative estimate of drug-likeness (QED) is 0.410. The van der Waals surface area contributed by atoms with Crippen molar-refractivity contribution in [1.82, 2.24) is 4.72 Å². The first kappa shape index (κ1) is 28.5. The fourth-order valence-electron chi connectivity index (χ4n) is 8.91. The Labute approximate surface area is 254 Å². The number of hydrogen-bond donors (Lipinski definition) is 2. The molecule has 4 bridgehead atoms. The number of ether oxygens (including phenoxy) is 1. The smallest absolute Gasteiger partial charge is 0.264 e. The Kier molecular flexibility index (Phi) is 6.87. The lowest BCUT2D eigenvalue weighted by Gasteiger charge is -2.71. The first-order chi connectivity index (χ1) is 20.0. The molecule has 2 aromatic rings. The average Bonchev–Trinajstić information content (AvgIpc) is 3.06. The molecule has 0 unspecified atom stereocenters. The number of fused-ring (bicyclic) bond motifs is 3. The summed E-state index contributed by atoms with van der Waals surface area (Å²) in [4.78, 5) is 15.8. The van der Waals surface area contributed by atoms with E-state index in [-0.39, 0.29) is 28.8 Å². The predicted octanol–water partition coefficient (Wildman–Crippen LogP) is 5.47. The summed E-state index contributed by atoms with van der Waals surface area (Å²) in [5, 5.41) is 11.4. The van der Waals surface area contributed by atoms with E-state index >= 15 is 0 Å². The number of aliphatic hydroxyl groups excluding tert-OH is 1. The molecular formula is C33H41ClN2O5S. The molecule has 2 spiro atoms. The maximum Gasteiger partial charge on any atom is 0.264 e. The molecular weight excluding hydrogens is 572 g/mol. The Bertz CT molecular complexity index is 1520. The molecule has 42 heavy (non-hydrogen) atoms. The number of hydrogen-bond acceptors (Lipinski definition) is 6. The van der Waals surface area contributed by atoms with Gasteiger partial charge in [-0.2, -0.15) is 0 Å². The van der Waals surface area contributed by atoms with Gasteiger partial charge in [0.15, 0.2) is 0 Å². The number of sulfonamides is 1. The van der Waals surface area contributed by atoms with Crippen molar-refractivity contribution in [3.8, 4) is 5.75 Å². The van der Waals surface area contributed by atoms with Crippen LogP contribution in [0, 0.1) is 23.2 Å². The third kappa shape index (κ3) is 4.55. The number of rotatable bonds is 0. The highest BCUT2D eigenvalue weighted by Crippen LogP contribution is 2.70. The number of nitrogens with one attached hydrogen (secondary N) is 1. The second kappa shape index (κ2) is 10.1. The van der Waals surface area contributed by atoms with Gasteiger partial charge in [0, 0.05) is 29.1 Å². The van der Waals surface area contributed by atoms with Gasteiger partial charge in [0.25, 0.3) is 5.91 Å². The highest BCUT2D eigenvalue weighted by molar-refractivity contribution is 7.90. The van der Waals surface area contributed by atoms with Gasteiger partial charge in [-0.15, -0.1) is 0 Å². The topological polar surface area (TPSA) is 95.9 Å². The minimum Gasteiger partial charge on any atom is -0.490 e. The zero-order chi connectivity index (χ0) is 29.4. The fraction of sp³-hybridized carbons (Fsp3) is 0.606. The van der Waals surface area contributed by atoms with Gasteiger partial charge in [0.1, 0.15) is 5.75 Å². The Morgan fingerprint density at radius 2 is 1.88 bits per heavy atom. The molecule has 2 heterocycles. The van der Waals surface area contributed by atoms with Crippen molar-refractivity contribution in [2.45, 2.75) is 82.0 Å². The number of anilines is 1. The fourth-order valence-corrected chi connectivity index (χ4v) is 10.4. The van der Waals surface area contributed by atoms with Gasteiger partial charge in [0.05, 0.1) is 23.6 Å². The summed E-state index contributed by atoms with van der Waals surface area (Å²) in [5.41, 5.74) is 3.47. The molecule has 3 fully saturated rings. The molecule has 7 nitrogen and oxygen atoms in total. The number of carbonyl (C=O) groups is 1. The van der Waals surface area contributed by atoms with Crippen molar-refractivity contribution in [2.24, 2.45) is 23.2 Å². The van der Waals surface area contributed by atoms with Crippen LogP contribution in [0.5, 0.6) is 5.75 Å². The lowest BCUT2D eigenvalue weighted by atomic mass is 9.36. The van der Waals surface area contributed by atoms with E-state index < -0.39 is 21.2 Å². The average molecular weight is 613 g/mol. The molecule has 8 rings (SSSR count). The minimum absolute atomic E-state index is 0.0436. The van der Waals surface area contributed by atoms with Crippen molar-refractivity contribution >= 4 is 33.2 Å². The van der Waals surface area contributed by atoms with E-state index in [4.69, 9.17) is 16.3 Å². The van der Waals surface area contributed by atoms with E-state index in [1.165, 1.54) is 11.1 Å². The highest BCUT2D eigenvalue weighted by Gasteiger charge is 2.67. The summed E-state index contributed by atoms with van der Waals surface area (Å²) in [6.45, 7) is 5.60. The van der Waals surface area contributed by atoms with Gasteiger partial charge < -0.3 is 14.7 Å². The standard InChI is InChI=1S/C33H41ClN2O5S/c1-20-5-3-7-28(37)30-24-15-33(30,16-24)18-36-17-32(12-4-6-22-13-25(34)9-10-26(22)32)19-41-29-11-8-23(14-27(29)36)31(38)35-42(39,40)21(20)2/h8-11,13-14,20-21,24,28,30,37H,3-7,12,15-19H2,1-2H3,(H,35,38)/t20-,21+,24?,28-,30-,32-,33?/m0/s1. The van der Waals surface area contributed by atoms with Gasteiger partial charge in [0.2, 0.25) is 10.0 Å². The second-order valence-corrected chi connectivity index (χ2v) is 16.5. The summed E-state index contributed by atoms with van der Waals surface area (Å²) in [6, 6.07) is 11.5. The van der Waals surface area contributed by atoms with Crippen LogP contribution in [0.2, 0.25) is 5.02 Å². The summed E-state index contributed by atoms with van der Waals surface area (Å²) >= 11 is 6.41. The number of benzene rings is 2. The van der Waals surface area contributed by atoms with Crippen molar-refractivity contribution in [3.05, 3.63) is 58.1 Å². The Morgan fingerprint density at radius 1 is 1.07 bits per heavy atom. The molecule has 6 aliphatic rings. The van der Waals surface area contributed by atoms with Crippen molar-refractivity contribution in [3.63, 3.8) is 0 Å². The van der Waals surface area contributed by atoms with Crippen LogP contribution in [0.4, 0.5) is 5.69 Å². The van der Waals surface area contributed by atoms with E-state index in [0.717, 1.165) is 62.3 Å². The minimum atomic E-state index is -3.88. The summed E-state index contributed by atoms with van der Waals surface area (Å²) in [5.74, 6) is 0.774.